The molecule has 0 spiro atoms. The van der Waals surface area contributed by atoms with Gasteiger partial charge >= 0.3 is 0 Å². The lowest BCUT2D eigenvalue weighted by Crippen LogP contribution is -2.48. The molecular weight excluding hydrogens is 488 g/mol. The molecule has 2 aromatic carbocycles. The van der Waals surface area contributed by atoms with Gasteiger partial charge in [-0.05, 0) is 48.9 Å². The van der Waals surface area contributed by atoms with Crippen molar-refractivity contribution in [2.24, 2.45) is 0 Å². The second-order valence-electron chi connectivity index (χ2n) is 10.7. The van der Waals surface area contributed by atoms with E-state index in [2.05, 4.69) is 12.2 Å². The van der Waals surface area contributed by atoms with Crippen molar-refractivity contribution in [2.45, 2.75) is 110 Å². The second-order valence-corrected chi connectivity index (χ2v) is 10.7. The summed E-state index contributed by atoms with van der Waals surface area (Å²) in [6, 6.07) is 15.4. The summed E-state index contributed by atoms with van der Waals surface area (Å²) in [5.74, 6) is 1.30. The maximum absolute atomic E-state index is 13.5. The third kappa shape index (κ3) is 10.6. The van der Waals surface area contributed by atoms with E-state index in [0.29, 0.717) is 44.0 Å². The molecule has 39 heavy (non-hydrogen) atoms. The van der Waals surface area contributed by atoms with Crippen LogP contribution < -0.4 is 14.8 Å². The number of nitrogens with zero attached hydrogens (tertiary/aromatic N) is 1. The minimum Gasteiger partial charge on any atom is -0.493 e. The van der Waals surface area contributed by atoms with Crippen molar-refractivity contribution in [1.29, 1.82) is 0 Å². The van der Waals surface area contributed by atoms with Gasteiger partial charge in [-0.25, -0.2) is 0 Å². The number of carbonyl (C=O) groups is 2. The van der Waals surface area contributed by atoms with E-state index in [9.17, 15) is 9.59 Å². The maximum Gasteiger partial charge on any atom is 0.242 e. The summed E-state index contributed by atoms with van der Waals surface area (Å²) in [5, 5.41) is 3.01. The molecule has 0 radical (unpaired) electrons. The highest BCUT2D eigenvalue weighted by Gasteiger charge is 2.30. The first-order valence-corrected chi connectivity index (χ1v) is 15.0. The topological polar surface area (TPSA) is 67.9 Å². The highest BCUT2D eigenvalue weighted by molar-refractivity contribution is 5.87. The average molecular weight is 537 g/mol. The van der Waals surface area contributed by atoms with Crippen molar-refractivity contribution in [1.82, 2.24) is 10.2 Å². The van der Waals surface area contributed by atoms with Gasteiger partial charge in [0.2, 0.25) is 11.8 Å². The van der Waals surface area contributed by atoms with E-state index in [-0.39, 0.29) is 11.8 Å². The molecule has 1 atom stereocenters. The normalized spacial score (nSPS) is 15.3. The van der Waals surface area contributed by atoms with Crippen molar-refractivity contribution < 1.29 is 19.1 Å². The summed E-state index contributed by atoms with van der Waals surface area (Å²) in [4.78, 5) is 28.2. The van der Waals surface area contributed by atoms with Gasteiger partial charge in [-0.3, -0.25) is 9.59 Å². The van der Waals surface area contributed by atoms with Crippen LogP contribution in [0.4, 0.5) is 0 Å². The summed E-state index contributed by atoms with van der Waals surface area (Å²) in [5.41, 5.74) is 2.01. The van der Waals surface area contributed by atoms with Gasteiger partial charge in [0.1, 0.15) is 12.6 Å². The third-order valence-corrected chi connectivity index (χ3v) is 7.52. The van der Waals surface area contributed by atoms with Gasteiger partial charge in [0, 0.05) is 19.5 Å². The standard InChI is InChI=1S/C33H48N2O4/c1-3-4-5-6-7-8-9-10-14-20-32(36)35(29-19-15-16-23-34-33(29)37)25-28-21-22-30(31(24-28)38-2)39-26-27-17-12-11-13-18-27/h11-13,17-18,21-22,24,29H,3-10,14-16,19-20,23,25-26H2,1-2H3,(H,34,37). The number of hydrogen-bond donors (Lipinski definition) is 1. The zero-order valence-electron chi connectivity index (χ0n) is 24.1. The molecule has 1 N–H and O–H groups in total. The molecule has 1 heterocycles. The predicted octanol–water partition coefficient (Wildman–Crippen LogP) is 7.19. The minimum absolute atomic E-state index is 0.0392. The number of benzene rings is 2. The van der Waals surface area contributed by atoms with E-state index in [1.54, 1.807) is 12.0 Å². The van der Waals surface area contributed by atoms with Crippen molar-refractivity contribution in [2.75, 3.05) is 13.7 Å². The molecule has 1 aliphatic rings. The Kier molecular flexibility index (Phi) is 13.7. The molecule has 1 unspecified atom stereocenters. The number of methoxy groups -OCH3 is 1. The van der Waals surface area contributed by atoms with Gasteiger partial charge < -0.3 is 19.7 Å². The molecule has 2 amide bonds. The zero-order chi connectivity index (χ0) is 27.7. The molecule has 6 nitrogen and oxygen atoms in total. The van der Waals surface area contributed by atoms with E-state index >= 15 is 0 Å². The fourth-order valence-corrected chi connectivity index (χ4v) is 5.18. The molecule has 2 aromatic rings. The summed E-state index contributed by atoms with van der Waals surface area (Å²) < 4.78 is 11.6. The Morgan fingerprint density at radius 3 is 2.33 bits per heavy atom. The van der Waals surface area contributed by atoms with Crippen LogP contribution in [0.2, 0.25) is 0 Å². The van der Waals surface area contributed by atoms with E-state index in [0.717, 1.165) is 36.8 Å². The lowest BCUT2D eigenvalue weighted by atomic mass is 10.0. The maximum atomic E-state index is 13.5. The monoisotopic (exact) mass is 536 g/mol. The van der Waals surface area contributed by atoms with E-state index in [1.165, 1.54) is 44.9 Å². The molecule has 1 aliphatic heterocycles. The fraction of sp³-hybridized carbons (Fsp3) is 0.576. The summed E-state index contributed by atoms with van der Waals surface area (Å²) >= 11 is 0. The number of nitrogens with one attached hydrogen (secondary N) is 1. The Morgan fingerprint density at radius 2 is 1.62 bits per heavy atom. The molecule has 0 aliphatic carbocycles. The van der Waals surface area contributed by atoms with Crippen LogP contribution >= 0.6 is 0 Å². The first-order valence-electron chi connectivity index (χ1n) is 15.0. The molecule has 0 saturated carbocycles. The largest absolute Gasteiger partial charge is 0.493 e. The van der Waals surface area contributed by atoms with Crippen LogP contribution in [0.5, 0.6) is 11.5 Å². The Balaban J connectivity index is 1.61. The first kappa shape index (κ1) is 30.5. The minimum atomic E-state index is -0.432. The molecule has 1 saturated heterocycles. The number of rotatable bonds is 17. The summed E-state index contributed by atoms with van der Waals surface area (Å²) in [7, 11) is 1.62. The van der Waals surface area contributed by atoms with Crippen LogP contribution in [-0.2, 0) is 22.7 Å². The van der Waals surface area contributed by atoms with Gasteiger partial charge in [-0.15, -0.1) is 0 Å². The fourth-order valence-electron chi connectivity index (χ4n) is 5.18. The lowest BCUT2D eigenvalue weighted by molar-refractivity contribution is -0.141. The number of ether oxygens (including phenoxy) is 2. The molecule has 1 fully saturated rings. The highest BCUT2D eigenvalue weighted by atomic mass is 16.5. The van der Waals surface area contributed by atoms with Crippen molar-refractivity contribution in [3.63, 3.8) is 0 Å². The number of hydrogen-bond acceptors (Lipinski definition) is 4. The predicted molar refractivity (Wildman–Crippen MR) is 157 cm³/mol. The third-order valence-electron chi connectivity index (χ3n) is 7.52. The molecular formula is C33H48N2O4. The molecule has 0 aromatic heterocycles. The van der Waals surface area contributed by atoms with Crippen molar-refractivity contribution in [3.8, 4) is 11.5 Å². The van der Waals surface area contributed by atoms with Crippen LogP contribution in [-0.4, -0.2) is 36.4 Å². The molecule has 6 heteroatoms. The quantitative estimate of drug-likeness (QED) is 0.217. The van der Waals surface area contributed by atoms with Crippen molar-refractivity contribution in [3.05, 3.63) is 59.7 Å². The van der Waals surface area contributed by atoms with Crippen LogP contribution in [0.1, 0.15) is 102 Å². The Bertz CT molecular complexity index is 994. The lowest BCUT2D eigenvalue weighted by Gasteiger charge is -2.30. The summed E-state index contributed by atoms with van der Waals surface area (Å²) in [6.07, 6.45) is 13.9. The van der Waals surface area contributed by atoms with E-state index in [4.69, 9.17) is 9.47 Å². The summed E-state index contributed by atoms with van der Waals surface area (Å²) in [6.45, 7) is 3.74. The number of unbranched alkanes of at least 4 members (excludes halogenated alkanes) is 8. The smallest absolute Gasteiger partial charge is 0.242 e. The molecule has 0 bridgehead atoms. The molecule has 214 valence electrons. The zero-order valence-corrected chi connectivity index (χ0v) is 24.1. The van der Waals surface area contributed by atoms with Crippen LogP contribution in [0.15, 0.2) is 48.5 Å². The number of carbonyl (C=O) groups excluding carboxylic acids is 2. The van der Waals surface area contributed by atoms with Gasteiger partial charge in [-0.1, -0.05) is 94.7 Å². The van der Waals surface area contributed by atoms with E-state index < -0.39 is 6.04 Å². The van der Waals surface area contributed by atoms with Gasteiger partial charge in [-0.2, -0.15) is 0 Å². The van der Waals surface area contributed by atoms with Gasteiger partial charge in [0.15, 0.2) is 11.5 Å². The Hall–Kier alpha value is -3.02. The highest BCUT2D eigenvalue weighted by Crippen LogP contribution is 2.30. The van der Waals surface area contributed by atoms with Gasteiger partial charge in [0.05, 0.1) is 7.11 Å². The first-order chi connectivity index (χ1) is 19.1. The van der Waals surface area contributed by atoms with Crippen LogP contribution in [0.25, 0.3) is 0 Å². The molecule has 3 rings (SSSR count). The Morgan fingerprint density at radius 1 is 0.897 bits per heavy atom. The Labute approximate surface area is 235 Å². The number of amides is 2. The van der Waals surface area contributed by atoms with Crippen LogP contribution in [0, 0.1) is 0 Å². The van der Waals surface area contributed by atoms with Crippen molar-refractivity contribution >= 4 is 11.8 Å². The average Bonchev–Trinajstić information content (AvgIpc) is 3.18. The second kappa shape index (κ2) is 17.5. The van der Waals surface area contributed by atoms with E-state index in [1.807, 2.05) is 48.5 Å². The SMILES string of the molecule is CCCCCCCCCCCC(=O)N(Cc1ccc(OCc2ccccc2)c(OC)c1)C1CCCCNC1=O. The van der Waals surface area contributed by atoms with Crippen LogP contribution in [0.3, 0.4) is 0 Å². The van der Waals surface area contributed by atoms with Gasteiger partial charge in [0.25, 0.3) is 0 Å².